The van der Waals surface area contributed by atoms with Gasteiger partial charge in [-0.1, -0.05) is 23.2 Å². The van der Waals surface area contributed by atoms with Gasteiger partial charge in [-0.05, 0) is 24.3 Å². The second-order valence-electron chi connectivity index (χ2n) is 3.56. The quantitative estimate of drug-likeness (QED) is 0.795. The van der Waals surface area contributed by atoms with Crippen LogP contribution in [-0.4, -0.2) is 7.69 Å². The van der Waals surface area contributed by atoms with Crippen LogP contribution in [0.2, 0.25) is 10.0 Å². The Bertz CT molecular complexity index is 544. The highest BCUT2D eigenvalue weighted by Crippen LogP contribution is 2.27. The smallest absolute Gasteiger partial charge is 0.527 e. The lowest BCUT2D eigenvalue weighted by Gasteiger charge is -2.10. The molecular weight excluding hydrogens is 296 g/mol. The van der Waals surface area contributed by atoms with Crippen molar-refractivity contribution in [1.29, 1.82) is 0 Å². The highest BCUT2D eigenvalue weighted by Gasteiger charge is 2.08. The van der Waals surface area contributed by atoms with E-state index >= 15 is 0 Å². The predicted octanol–water partition coefficient (Wildman–Crippen LogP) is 4.00. The zero-order valence-corrected chi connectivity index (χ0v) is 11.0. The molecule has 98 valence electrons. The van der Waals surface area contributed by atoms with E-state index in [9.17, 15) is 8.78 Å². The molecule has 2 aromatic rings. The third-order valence-electron chi connectivity index (χ3n) is 2.22. The number of hydrogen-bond donors (Lipinski definition) is 0. The van der Waals surface area contributed by atoms with E-state index in [0.717, 1.165) is 12.1 Å². The molecule has 0 atom stereocenters. The van der Waals surface area contributed by atoms with Crippen LogP contribution in [0.5, 0.6) is 11.5 Å². The van der Waals surface area contributed by atoms with E-state index in [-0.39, 0.29) is 29.2 Å². The first kappa shape index (κ1) is 14.0. The molecule has 0 unspecified atom stereocenters. The van der Waals surface area contributed by atoms with E-state index in [1.54, 1.807) is 0 Å². The van der Waals surface area contributed by atoms with Crippen LogP contribution >= 0.6 is 23.2 Å². The minimum atomic E-state index is -0.483. The van der Waals surface area contributed by atoms with Crippen molar-refractivity contribution >= 4 is 30.9 Å². The van der Waals surface area contributed by atoms with Gasteiger partial charge >= 0.3 is 7.69 Å². The summed E-state index contributed by atoms with van der Waals surface area (Å²) >= 11 is 11.6. The van der Waals surface area contributed by atoms with Crippen molar-refractivity contribution in [3.05, 3.63) is 58.1 Å². The van der Waals surface area contributed by atoms with Crippen molar-refractivity contribution in [2.75, 3.05) is 0 Å². The third-order valence-corrected chi connectivity index (χ3v) is 2.84. The molecule has 0 saturated heterocycles. The second kappa shape index (κ2) is 6.13. The molecule has 0 heterocycles. The maximum Gasteiger partial charge on any atom is 0.576 e. The van der Waals surface area contributed by atoms with Crippen LogP contribution in [0.1, 0.15) is 0 Å². The Morgan fingerprint density at radius 2 is 1.21 bits per heavy atom. The highest BCUT2D eigenvalue weighted by molar-refractivity contribution is 6.33. The summed E-state index contributed by atoms with van der Waals surface area (Å²) in [6, 6.07) is 7.39. The minimum Gasteiger partial charge on any atom is -0.527 e. The van der Waals surface area contributed by atoms with Gasteiger partial charge in [-0.15, -0.1) is 0 Å². The van der Waals surface area contributed by atoms with Gasteiger partial charge in [0.25, 0.3) is 0 Å². The lowest BCUT2D eigenvalue weighted by molar-refractivity contribution is 0.454. The molecule has 0 aliphatic carbocycles. The Labute approximate surface area is 119 Å². The molecule has 0 aromatic heterocycles. The van der Waals surface area contributed by atoms with E-state index in [2.05, 4.69) is 0 Å². The Morgan fingerprint density at radius 3 is 1.63 bits per heavy atom. The summed E-state index contributed by atoms with van der Waals surface area (Å²) in [5.74, 6) is -0.699. The van der Waals surface area contributed by atoms with Crippen LogP contribution in [0.3, 0.4) is 0 Å². The summed E-state index contributed by atoms with van der Waals surface area (Å²) < 4.78 is 36.2. The molecule has 0 saturated carbocycles. The SMILES string of the molecule is Fc1ccc(Cl)c(OBOc2cc(F)ccc2Cl)c1. The first-order chi connectivity index (χ1) is 9.06. The van der Waals surface area contributed by atoms with Gasteiger partial charge in [-0.3, -0.25) is 0 Å². The van der Waals surface area contributed by atoms with Crippen molar-refractivity contribution in [2.24, 2.45) is 0 Å². The lowest BCUT2D eigenvalue weighted by atomic mass is 10.3. The van der Waals surface area contributed by atoms with Gasteiger partial charge in [0, 0.05) is 12.1 Å². The molecule has 2 rings (SSSR count). The van der Waals surface area contributed by atoms with Crippen molar-refractivity contribution in [1.82, 2.24) is 0 Å². The van der Waals surface area contributed by atoms with Crippen LogP contribution in [0.15, 0.2) is 36.4 Å². The van der Waals surface area contributed by atoms with Gasteiger partial charge in [-0.2, -0.15) is 0 Å². The lowest BCUT2D eigenvalue weighted by Crippen LogP contribution is -2.11. The fourth-order valence-corrected chi connectivity index (χ4v) is 1.68. The minimum absolute atomic E-state index is 0.134. The first-order valence-electron chi connectivity index (χ1n) is 5.22. The second-order valence-corrected chi connectivity index (χ2v) is 4.37. The van der Waals surface area contributed by atoms with Crippen LogP contribution in [0.25, 0.3) is 0 Å². The number of rotatable bonds is 4. The maximum atomic E-state index is 13.0. The summed E-state index contributed by atoms with van der Waals surface area (Å²) in [7, 11) is -0.271. The normalized spacial score (nSPS) is 10.1. The van der Waals surface area contributed by atoms with Gasteiger partial charge in [0.15, 0.2) is 0 Å². The third kappa shape index (κ3) is 3.75. The van der Waals surface area contributed by atoms with Crippen LogP contribution in [-0.2, 0) is 0 Å². The molecule has 0 bridgehead atoms. The summed E-state index contributed by atoms with van der Waals surface area (Å²) in [5, 5.41) is 0.491. The Kier molecular flexibility index (Phi) is 4.50. The average molecular weight is 303 g/mol. The zero-order chi connectivity index (χ0) is 13.8. The Morgan fingerprint density at radius 1 is 0.789 bits per heavy atom. The van der Waals surface area contributed by atoms with Gasteiger partial charge in [-0.25, -0.2) is 8.78 Å². The fraction of sp³-hybridized carbons (Fsp3) is 0. The van der Waals surface area contributed by atoms with E-state index in [4.69, 9.17) is 32.5 Å². The molecule has 0 fully saturated rings. The number of halogens is 4. The van der Waals surface area contributed by atoms with E-state index in [0.29, 0.717) is 0 Å². The van der Waals surface area contributed by atoms with Gasteiger partial charge in [0.05, 0.1) is 10.0 Å². The van der Waals surface area contributed by atoms with Crippen LogP contribution in [0.4, 0.5) is 8.78 Å². The van der Waals surface area contributed by atoms with E-state index in [1.807, 2.05) is 0 Å². The molecule has 7 heteroatoms. The molecule has 0 aliphatic rings. The Balaban J connectivity index is 2.00. The maximum absolute atomic E-state index is 13.0. The molecule has 0 amide bonds. The highest BCUT2D eigenvalue weighted by atomic mass is 35.5. The first-order valence-corrected chi connectivity index (χ1v) is 5.97. The van der Waals surface area contributed by atoms with Crippen molar-refractivity contribution in [3.63, 3.8) is 0 Å². The number of hydrogen-bond acceptors (Lipinski definition) is 2. The van der Waals surface area contributed by atoms with Crippen molar-refractivity contribution in [2.45, 2.75) is 0 Å². The molecular formula is C12H7BCl2F2O2. The molecule has 2 aromatic carbocycles. The molecule has 0 aliphatic heterocycles. The molecule has 0 N–H and O–H groups in total. The van der Waals surface area contributed by atoms with Crippen LogP contribution < -0.4 is 9.31 Å². The number of benzene rings is 2. The summed E-state index contributed by atoms with van der Waals surface area (Å²) in [5.41, 5.74) is 0. The average Bonchev–Trinajstić information content (AvgIpc) is 2.38. The summed E-state index contributed by atoms with van der Waals surface area (Å²) in [6.45, 7) is 0. The Hall–Kier alpha value is -1.46. The van der Waals surface area contributed by atoms with Gasteiger partial charge < -0.3 is 9.31 Å². The van der Waals surface area contributed by atoms with E-state index in [1.165, 1.54) is 24.3 Å². The topological polar surface area (TPSA) is 18.5 Å². The van der Waals surface area contributed by atoms with Crippen molar-refractivity contribution < 1.29 is 18.1 Å². The van der Waals surface area contributed by atoms with Gasteiger partial charge in [0.2, 0.25) is 0 Å². The largest absolute Gasteiger partial charge is 0.576 e. The van der Waals surface area contributed by atoms with Gasteiger partial charge in [0.1, 0.15) is 23.1 Å². The monoisotopic (exact) mass is 302 g/mol. The molecule has 2 nitrogen and oxygen atoms in total. The zero-order valence-electron chi connectivity index (χ0n) is 9.50. The summed E-state index contributed by atoms with van der Waals surface area (Å²) in [6.07, 6.45) is 0. The predicted molar refractivity (Wildman–Crippen MR) is 71.2 cm³/mol. The molecule has 0 radical (unpaired) electrons. The standard InChI is InChI=1S/C12H7BCl2F2O2/c14-9-3-1-7(16)5-11(9)18-13-19-12-6-8(17)2-4-10(12)15/h1-6,13H. The molecule has 19 heavy (non-hydrogen) atoms. The molecule has 0 spiro atoms. The summed E-state index contributed by atoms with van der Waals surface area (Å²) in [4.78, 5) is 0. The fourth-order valence-electron chi connectivity index (χ4n) is 1.33. The van der Waals surface area contributed by atoms with Crippen LogP contribution in [0, 0.1) is 11.6 Å². The van der Waals surface area contributed by atoms with Crippen molar-refractivity contribution in [3.8, 4) is 11.5 Å². The van der Waals surface area contributed by atoms with E-state index < -0.39 is 11.6 Å².